The molecule has 0 bridgehead atoms. The lowest BCUT2D eigenvalue weighted by molar-refractivity contribution is -0.121. The lowest BCUT2D eigenvalue weighted by Crippen LogP contribution is -2.30. The van der Waals surface area contributed by atoms with Gasteiger partial charge in [-0.15, -0.1) is 12.4 Å². The van der Waals surface area contributed by atoms with Crippen LogP contribution in [0.5, 0.6) is 0 Å². The van der Waals surface area contributed by atoms with E-state index in [-0.39, 0.29) is 30.3 Å². The van der Waals surface area contributed by atoms with Crippen LogP contribution in [-0.2, 0) is 11.2 Å². The zero-order valence-electron chi connectivity index (χ0n) is 14.2. The number of hydrogen-bond acceptors (Lipinski definition) is 2. The first-order valence-corrected chi connectivity index (χ1v) is 8.26. The number of amides is 1. The molecule has 0 fully saturated rings. The van der Waals surface area contributed by atoms with Crippen molar-refractivity contribution in [1.82, 2.24) is 5.32 Å². The molecule has 3 N–H and O–H groups in total. The summed E-state index contributed by atoms with van der Waals surface area (Å²) in [6.45, 7) is 2.58. The van der Waals surface area contributed by atoms with Crippen LogP contribution in [0.4, 0.5) is 0 Å². The third kappa shape index (κ3) is 7.16. The summed E-state index contributed by atoms with van der Waals surface area (Å²) < 4.78 is 0. The fraction of sp³-hybridized carbons (Fsp3) is 0.350. The van der Waals surface area contributed by atoms with E-state index < -0.39 is 0 Å². The third-order valence-electron chi connectivity index (χ3n) is 3.97. The van der Waals surface area contributed by atoms with Crippen molar-refractivity contribution in [1.29, 1.82) is 0 Å². The van der Waals surface area contributed by atoms with Gasteiger partial charge in [0.15, 0.2) is 0 Å². The molecule has 130 valence electrons. The molecule has 3 nitrogen and oxygen atoms in total. The average Bonchev–Trinajstić information content (AvgIpc) is 2.58. The Morgan fingerprint density at radius 1 is 1.04 bits per heavy atom. The molecular weight excluding hydrogens is 320 g/mol. The fourth-order valence-corrected chi connectivity index (χ4v) is 2.62. The van der Waals surface area contributed by atoms with Crippen LogP contribution in [0.2, 0.25) is 0 Å². The molecule has 2 aromatic rings. The van der Waals surface area contributed by atoms with Gasteiger partial charge in [0.05, 0.1) is 0 Å². The van der Waals surface area contributed by atoms with Crippen LogP contribution in [0, 0.1) is 0 Å². The summed E-state index contributed by atoms with van der Waals surface area (Å²) in [5, 5.41) is 3.06. The van der Waals surface area contributed by atoms with Gasteiger partial charge in [-0.1, -0.05) is 60.7 Å². The van der Waals surface area contributed by atoms with Crippen molar-refractivity contribution in [3.05, 3.63) is 71.8 Å². The molecule has 24 heavy (non-hydrogen) atoms. The van der Waals surface area contributed by atoms with E-state index in [4.69, 9.17) is 5.73 Å². The summed E-state index contributed by atoms with van der Waals surface area (Å²) in [4.78, 5) is 12.0. The summed E-state index contributed by atoms with van der Waals surface area (Å²) >= 11 is 0. The van der Waals surface area contributed by atoms with E-state index in [2.05, 4.69) is 41.7 Å². The van der Waals surface area contributed by atoms with E-state index in [1.165, 1.54) is 11.1 Å². The van der Waals surface area contributed by atoms with E-state index in [1.54, 1.807) is 0 Å². The van der Waals surface area contributed by atoms with Crippen LogP contribution >= 0.6 is 12.4 Å². The monoisotopic (exact) mass is 346 g/mol. The average molecular weight is 347 g/mol. The van der Waals surface area contributed by atoms with Gasteiger partial charge in [-0.3, -0.25) is 4.79 Å². The fourth-order valence-electron chi connectivity index (χ4n) is 2.62. The Morgan fingerprint density at radius 3 is 2.21 bits per heavy atom. The largest absolute Gasteiger partial charge is 0.355 e. The highest BCUT2D eigenvalue weighted by molar-refractivity contribution is 5.85. The molecule has 0 aliphatic carbocycles. The van der Waals surface area contributed by atoms with Crippen molar-refractivity contribution in [3.8, 4) is 0 Å². The van der Waals surface area contributed by atoms with Gasteiger partial charge in [-0.25, -0.2) is 0 Å². The van der Waals surface area contributed by atoms with Crippen molar-refractivity contribution in [2.45, 2.75) is 38.1 Å². The highest BCUT2D eigenvalue weighted by Gasteiger charge is 2.14. The lowest BCUT2D eigenvalue weighted by Gasteiger charge is -2.18. The van der Waals surface area contributed by atoms with Crippen LogP contribution in [0.15, 0.2) is 60.7 Å². The first kappa shape index (κ1) is 20.2. The summed E-state index contributed by atoms with van der Waals surface area (Å²) in [6, 6.07) is 20.8. The zero-order valence-corrected chi connectivity index (χ0v) is 15.0. The zero-order chi connectivity index (χ0) is 16.5. The van der Waals surface area contributed by atoms with Crippen LogP contribution in [0.25, 0.3) is 0 Å². The summed E-state index contributed by atoms with van der Waals surface area (Å²) in [7, 11) is 0. The lowest BCUT2D eigenvalue weighted by atomic mass is 9.92. The van der Waals surface area contributed by atoms with Crippen molar-refractivity contribution < 1.29 is 4.79 Å². The Kier molecular flexibility index (Phi) is 9.13. The number of carbonyl (C=O) groups is 1. The van der Waals surface area contributed by atoms with E-state index in [0.29, 0.717) is 13.0 Å². The highest BCUT2D eigenvalue weighted by Crippen LogP contribution is 2.20. The van der Waals surface area contributed by atoms with Gasteiger partial charge >= 0.3 is 0 Å². The van der Waals surface area contributed by atoms with Crippen molar-refractivity contribution >= 4 is 18.3 Å². The Morgan fingerprint density at radius 2 is 1.62 bits per heavy atom. The summed E-state index contributed by atoms with van der Waals surface area (Å²) in [5.74, 6) is 0.356. The Labute approximate surface area is 151 Å². The minimum Gasteiger partial charge on any atom is -0.355 e. The molecule has 0 radical (unpaired) electrons. The normalized spacial score (nSPS) is 12.8. The van der Waals surface area contributed by atoms with E-state index in [9.17, 15) is 4.79 Å². The van der Waals surface area contributed by atoms with Crippen LogP contribution in [0.1, 0.15) is 36.8 Å². The molecule has 1 amide bonds. The molecule has 0 saturated heterocycles. The van der Waals surface area contributed by atoms with Crippen molar-refractivity contribution in [2.75, 3.05) is 6.54 Å². The van der Waals surface area contributed by atoms with Crippen LogP contribution in [0.3, 0.4) is 0 Å². The van der Waals surface area contributed by atoms with Crippen LogP contribution < -0.4 is 11.1 Å². The standard InChI is InChI=1S/C20H26N2O.ClH/c1-16(21)12-13-20(23)22-15-19(18-10-6-3-7-11-18)14-17-8-4-2-5-9-17;/h2-11,16,19H,12-15,21H2,1H3,(H,22,23);1H. The maximum absolute atomic E-state index is 12.0. The molecule has 2 unspecified atom stereocenters. The van der Waals surface area contributed by atoms with E-state index >= 15 is 0 Å². The van der Waals surface area contributed by atoms with Crippen molar-refractivity contribution in [2.24, 2.45) is 5.73 Å². The summed E-state index contributed by atoms with van der Waals surface area (Å²) in [6.07, 6.45) is 2.13. The number of nitrogens with one attached hydrogen (secondary N) is 1. The number of halogens is 1. The minimum atomic E-state index is 0. The molecule has 2 atom stereocenters. The third-order valence-corrected chi connectivity index (χ3v) is 3.97. The Hall–Kier alpha value is -1.84. The molecule has 0 heterocycles. The topological polar surface area (TPSA) is 55.1 Å². The maximum atomic E-state index is 12.0. The number of hydrogen-bond donors (Lipinski definition) is 2. The van der Waals surface area contributed by atoms with Gasteiger partial charge in [0.1, 0.15) is 0 Å². The Balaban J connectivity index is 0.00000288. The van der Waals surface area contributed by atoms with Gasteiger partial charge in [0.25, 0.3) is 0 Å². The molecule has 2 rings (SSSR count). The van der Waals surface area contributed by atoms with E-state index in [1.807, 2.05) is 31.2 Å². The molecule has 0 aliphatic heterocycles. The Bertz CT molecular complexity index is 587. The van der Waals surface area contributed by atoms with Gasteiger partial charge in [-0.05, 0) is 30.9 Å². The van der Waals surface area contributed by atoms with Gasteiger partial charge in [-0.2, -0.15) is 0 Å². The van der Waals surface area contributed by atoms with E-state index in [0.717, 1.165) is 12.8 Å². The van der Waals surface area contributed by atoms with Gasteiger partial charge in [0, 0.05) is 24.9 Å². The second-order valence-corrected chi connectivity index (χ2v) is 6.12. The SMILES string of the molecule is CC(N)CCC(=O)NCC(Cc1ccccc1)c1ccccc1.Cl. The number of benzene rings is 2. The maximum Gasteiger partial charge on any atom is 0.220 e. The first-order chi connectivity index (χ1) is 11.1. The quantitative estimate of drug-likeness (QED) is 0.766. The van der Waals surface area contributed by atoms with Gasteiger partial charge < -0.3 is 11.1 Å². The second kappa shape index (κ2) is 10.8. The minimum absolute atomic E-state index is 0. The van der Waals surface area contributed by atoms with Crippen molar-refractivity contribution in [3.63, 3.8) is 0 Å². The van der Waals surface area contributed by atoms with Gasteiger partial charge in [0.2, 0.25) is 5.91 Å². The number of rotatable bonds is 8. The molecule has 4 heteroatoms. The number of nitrogens with two attached hydrogens (primary N) is 1. The molecular formula is C20H27ClN2O. The smallest absolute Gasteiger partial charge is 0.220 e. The summed E-state index contributed by atoms with van der Waals surface area (Å²) in [5.41, 5.74) is 8.25. The van der Waals surface area contributed by atoms with Crippen LogP contribution in [-0.4, -0.2) is 18.5 Å². The predicted molar refractivity (Wildman–Crippen MR) is 102 cm³/mol. The number of carbonyl (C=O) groups excluding carboxylic acids is 1. The predicted octanol–water partition coefficient (Wildman–Crippen LogP) is 3.68. The molecule has 0 aromatic heterocycles. The highest BCUT2D eigenvalue weighted by atomic mass is 35.5. The molecule has 0 saturated carbocycles. The molecule has 0 aliphatic rings. The molecule has 0 spiro atoms. The first-order valence-electron chi connectivity index (χ1n) is 8.26. The molecule has 2 aromatic carbocycles. The second-order valence-electron chi connectivity index (χ2n) is 6.12.